The molecule has 0 spiro atoms. The second-order valence-corrected chi connectivity index (χ2v) is 12.8. The summed E-state index contributed by atoms with van der Waals surface area (Å²) >= 11 is 0. The summed E-state index contributed by atoms with van der Waals surface area (Å²) in [6.07, 6.45) is 2.95. The lowest BCUT2D eigenvalue weighted by Crippen LogP contribution is -2.51. The number of hydrogen-bond acceptors (Lipinski definition) is 8. The van der Waals surface area contributed by atoms with Crippen LogP contribution in [-0.4, -0.2) is 83.7 Å². The molecule has 4 fully saturated rings. The molecule has 4 aliphatic heterocycles. The van der Waals surface area contributed by atoms with Gasteiger partial charge in [0.1, 0.15) is 35.7 Å². The molecule has 8 nitrogen and oxygen atoms in total. The molecule has 1 aromatic heterocycles. The van der Waals surface area contributed by atoms with E-state index in [9.17, 15) is 9.50 Å². The molecule has 0 radical (unpaired) electrons. The topological polar surface area (TPSA) is 83.0 Å². The quantitative estimate of drug-likeness (QED) is 0.274. The van der Waals surface area contributed by atoms with Crippen LogP contribution >= 0.6 is 0 Å². The third-order valence-corrected chi connectivity index (χ3v) is 10.1. The minimum absolute atomic E-state index is 0.00174. The Morgan fingerprint density at radius 3 is 2.62 bits per heavy atom. The Kier molecular flexibility index (Phi) is 6.72. The van der Waals surface area contributed by atoms with Crippen LogP contribution in [0.5, 0.6) is 17.5 Å². The second-order valence-electron chi connectivity index (χ2n) is 12.8. The van der Waals surface area contributed by atoms with Crippen molar-refractivity contribution in [1.29, 1.82) is 0 Å². The average molecular weight is 624 g/mol. The number of methoxy groups -OCH3 is 1. The van der Waals surface area contributed by atoms with Crippen LogP contribution in [-0.2, 0) is 0 Å². The van der Waals surface area contributed by atoms with Gasteiger partial charge in [-0.05, 0) is 55.8 Å². The van der Waals surface area contributed by atoms with Gasteiger partial charge in [-0.2, -0.15) is 9.97 Å². The van der Waals surface area contributed by atoms with E-state index in [1.807, 2.05) is 4.90 Å². The van der Waals surface area contributed by atoms with E-state index in [0.29, 0.717) is 31.4 Å². The van der Waals surface area contributed by atoms with E-state index in [2.05, 4.69) is 20.2 Å². The van der Waals surface area contributed by atoms with Crippen molar-refractivity contribution in [3.63, 3.8) is 0 Å². The highest BCUT2D eigenvalue weighted by atomic mass is 19.1. The lowest BCUT2D eigenvalue weighted by atomic mass is 9.94. The van der Waals surface area contributed by atoms with Gasteiger partial charge < -0.3 is 24.8 Å². The van der Waals surface area contributed by atoms with Crippen LogP contribution in [0.25, 0.3) is 32.8 Å². The molecule has 8 rings (SSSR count). The normalized spacial score (nSPS) is 26.2. The summed E-state index contributed by atoms with van der Waals surface area (Å²) in [7, 11) is 1.21. The van der Waals surface area contributed by atoms with Gasteiger partial charge in [0, 0.05) is 49.1 Å². The first kappa shape index (κ1) is 28.6. The Morgan fingerprint density at radius 2 is 1.84 bits per heavy atom. The Hall–Kier alpha value is -3.90. The standard InChI is InChI=1S/C33H33F4N5O3/c1-44-30-25(22-11-21(43)10-17-4-2-5-23(35)24(17)22)27(36)29-26(28(30)37)31(41-14-19-6-7-20(15-41)38-19)40-32(39-29)45-16-33-8-3-9-42(33)13-18(34)12-33/h2,4-5,10-11,18-20,38,43H,3,6-9,12-16H2,1H3/t18-,19-,20+,33+/m1/s1. The van der Waals surface area contributed by atoms with E-state index in [1.165, 1.54) is 31.4 Å². The molecule has 0 unspecified atom stereocenters. The molecule has 45 heavy (non-hydrogen) atoms. The summed E-state index contributed by atoms with van der Waals surface area (Å²) in [5.41, 5.74) is -1.31. The number of nitrogens with one attached hydrogen (secondary N) is 1. The first-order chi connectivity index (χ1) is 21.7. The summed E-state index contributed by atoms with van der Waals surface area (Å²) in [4.78, 5) is 13.1. The third kappa shape index (κ3) is 4.55. The highest BCUT2D eigenvalue weighted by Gasteiger charge is 2.49. The van der Waals surface area contributed by atoms with E-state index in [1.54, 1.807) is 6.07 Å². The van der Waals surface area contributed by atoms with E-state index in [4.69, 9.17) is 9.47 Å². The Labute approximate surface area is 256 Å². The molecule has 5 heterocycles. The van der Waals surface area contributed by atoms with Gasteiger partial charge in [-0.25, -0.2) is 17.6 Å². The van der Waals surface area contributed by atoms with Crippen molar-refractivity contribution in [3.8, 4) is 28.6 Å². The van der Waals surface area contributed by atoms with Crippen LogP contribution in [0, 0.1) is 17.5 Å². The number of benzene rings is 3. The summed E-state index contributed by atoms with van der Waals surface area (Å²) in [5.74, 6) is -3.06. The van der Waals surface area contributed by atoms with Gasteiger partial charge in [-0.3, -0.25) is 4.90 Å². The van der Waals surface area contributed by atoms with E-state index in [-0.39, 0.29) is 63.7 Å². The molecule has 4 aliphatic rings. The van der Waals surface area contributed by atoms with E-state index in [0.717, 1.165) is 32.2 Å². The smallest absolute Gasteiger partial charge is 0.319 e. The van der Waals surface area contributed by atoms with Gasteiger partial charge in [-0.1, -0.05) is 12.1 Å². The zero-order chi connectivity index (χ0) is 31.0. The molecule has 2 N–H and O–H groups in total. The van der Waals surface area contributed by atoms with Crippen LogP contribution in [0.3, 0.4) is 0 Å². The molecule has 0 aliphatic carbocycles. The number of anilines is 1. The fourth-order valence-electron chi connectivity index (χ4n) is 8.14. The fraction of sp³-hybridized carbons (Fsp3) is 0.455. The number of hydrogen-bond donors (Lipinski definition) is 2. The Morgan fingerprint density at radius 1 is 1.04 bits per heavy atom. The summed E-state index contributed by atoms with van der Waals surface area (Å²) in [6, 6.07) is 6.99. The molecule has 0 amide bonds. The summed E-state index contributed by atoms with van der Waals surface area (Å²) in [5, 5.41) is 14.2. The minimum Gasteiger partial charge on any atom is -0.508 e. The maximum absolute atomic E-state index is 17.0. The summed E-state index contributed by atoms with van der Waals surface area (Å²) < 4.78 is 75.1. The number of ether oxygens (including phenoxy) is 2. The third-order valence-electron chi connectivity index (χ3n) is 10.1. The minimum atomic E-state index is -0.963. The van der Waals surface area contributed by atoms with Gasteiger partial charge >= 0.3 is 6.01 Å². The second kappa shape index (κ2) is 10.6. The highest BCUT2D eigenvalue weighted by Crippen LogP contribution is 2.47. The number of aromatic hydroxyl groups is 1. The van der Waals surface area contributed by atoms with Crippen molar-refractivity contribution in [2.45, 2.75) is 55.9 Å². The average Bonchev–Trinajstić information content (AvgIpc) is 3.67. The fourth-order valence-corrected chi connectivity index (χ4v) is 8.14. The van der Waals surface area contributed by atoms with Gasteiger partial charge in [0.05, 0.1) is 23.6 Å². The first-order valence-corrected chi connectivity index (χ1v) is 15.5. The number of halogens is 4. The van der Waals surface area contributed by atoms with Crippen molar-refractivity contribution >= 4 is 27.5 Å². The monoisotopic (exact) mass is 623 g/mol. The zero-order valence-corrected chi connectivity index (χ0v) is 24.8. The molecule has 0 saturated carbocycles. The number of alkyl halides is 1. The highest BCUT2D eigenvalue weighted by molar-refractivity contribution is 6.04. The van der Waals surface area contributed by atoms with Gasteiger partial charge in [0.15, 0.2) is 17.4 Å². The first-order valence-electron chi connectivity index (χ1n) is 15.5. The van der Waals surface area contributed by atoms with Crippen molar-refractivity contribution in [2.75, 3.05) is 44.8 Å². The predicted molar refractivity (Wildman–Crippen MR) is 161 cm³/mol. The molecular weight excluding hydrogens is 590 g/mol. The molecule has 4 saturated heterocycles. The molecule has 2 bridgehead atoms. The number of aromatic nitrogens is 2. The maximum atomic E-state index is 17.0. The molecular formula is C33H33F4N5O3. The number of phenolic OH excluding ortho intramolecular Hbond substituents is 1. The molecule has 12 heteroatoms. The van der Waals surface area contributed by atoms with Gasteiger partial charge in [0.2, 0.25) is 0 Å². The van der Waals surface area contributed by atoms with Crippen molar-refractivity contribution in [1.82, 2.24) is 20.2 Å². The number of rotatable bonds is 6. The van der Waals surface area contributed by atoms with Crippen molar-refractivity contribution in [2.24, 2.45) is 0 Å². The maximum Gasteiger partial charge on any atom is 0.319 e. The molecule has 3 aromatic carbocycles. The van der Waals surface area contributed by atoms with E-state index >= 15 is 13.2 Å². The van der Waals surface area contributed by atoms with Crippen LogP contribution in [0.15, 0.2) is 30.3 Å². The number of piperazine rings is 1. The van der Waals surface area contributed by atoms with Crippen molar-refractivity contribution < 1.29 is 32.1 Å². The number of phenols is 1. The Bertz CT molecular complexity index is 1830. The van der Waals surface area contributed by atoms with Gasteiger partial charge in [-0.15, -0.1) is 0 Å². The van der Waals surface area contributed by atoms with E-state index < -0.39 is 34.9 Å². The number of fused-ring (bicyclic) bond motifs is 5. The zero-order valence-electron chi connectivity index (χ0n) is 24.8. The predicted octanol–water partition coefficient (Wildman–Crippen LogP) is 5.48. The lowest BCUT2D eigenvalue weighted by molar-refractivity contribution is 0.107. The molecule has 4 atom stereocenters. The largest absolute Gasteiger partial charge is 0.508 e. The van der Waals surface area contributed by atoms with Crippen LogP contribution in [0.1, 0.15) is 32.1 Å². The summed E-state index contributed by atoms with van der Waals surface area (Å²) in [6.45, 7) is 2.27. The Balaban J connectivity index is 1.33. The van der Waals surface area contributed by atoms with Crippen LogP contribution < -0.4 is 19.7 Å². The SMILES string of the molecule is COc1c(-c2cc(O)cc3cccc(F)c23)c(F)c2nc(OC[C@@]34CCCN3C[C@H](F)C4)nc(N3C[C@H]4CC[C@@H](C3)N4)c2c1F. The van der Waals surface area contributed by atoms with Crippen molar-refractivity contribution in [3.05, 3.63) is 47.8 Å². The lowest BCUT2D eigenvalue weighted by Gasteiger charge is -2.35. The van der Waals surface area contributed by atoms with Crippen LogP contribution in [0.2, 0.25) is 0 Å². The van der Waals surface area contributed by atoms with Gasteiger partial charge in [0.25, 0.3) is 0 Å². The molecule has 236 valence electrons. The molecule has 4 aromatic rings. The number of nitrogens with zero attached hydrogens (tertiary/aromatic N) is 4. The van der Waals surface area contributed by atoms with Crippen LogP contribution in [0.4, 0.5) is 23.4 Å².